The van der Waals surface area contributed by atoms with Crippen molar-refractivity contribution in [2.75, 3.05) is 19.5 Å². The van der Waals surface area contributed by atoms with Gasteiger partial charge in [0.2, 0.25) is 0 Å². The zero-order valence-corrected chi connectivity index (χ0v) is 12.7. The summed E-state index contributed by atoms with van der Waals surface area (Å²) in [4.78, 5) is 4.24. The molecule has 0 saturated carbocycles. The van der Waals surface area contributed by atoms with Crippen molar-refractivity contribution in [3.63, 3.8) is 0 Å². The normalized spacial score (nSPS) is 10.1. The van der Waals surface area contributed by atoms with Crippen LogP contribution >= 0.6 is 27.5 Å². The number of anilines is 2. The molecule has 0 aliphatic heterocycles. The highest BCUT2D eigenvalue weighted by Gasteiger charge is 2.11. The summed E-state index contributed by atoms with van der Waals surface area (Å²) in [6.45, 7) is 0. The molecule has 4 nitrogen and oxygen atoms in total. The summed E-state index contributed by atoms with van der Waals surface area (Å²) in [6.07, 6.45) is 1.70. The van der Waals surface area contributed by atoms with Gasteiger partial charge in [-0.2, -0.15) is 0 Å². The molecule has 0 spiro atoms. The van der Waals surface area contributed by atoms with Gasteiger partial charge in [0.15, 0.2) is 0 Å². The lowest BCUT2D eigenvalue weighted by atomic mass is 10.2. The summed E-state index contributed by atoms with van der Waals surface area (Å²) in [5.74, 6) is 1.87. The molecule has 2 rings (SSSR count). The average Bonchev–Trinajstić information content (AvgIpc) is 2.42. The summed E-state index contributed by atoms with van der Waals surface area (Å²) in [5.41, 5.74) is 0.725. The molecule has 1 N–H and O–H groups in total. The molecular formula is C13H12BrClN2O2. The maximum atomic E-state index is 6.06. The molecule has 0 radical (unpaired) electrons. The number of methoxy groups -OCH3 is 2. The Morgan fingerprint density at radius 3 is 2.58 bits per heavy atom. The van der Waals surface area contributed by atoms with Crippen LogP contribution in [-0.2, 0) is 0 Å². The van der Waals surface area contributed by atoms with E-state index in [1.54, 1.807) is 32.5 Å². The topological polar surface area (TPSA) is 43.4 Å². The van der Waals surface area contributed by atoms with E-state index in [2.05, 4.69) is 26.2 Å². The van der Waals surface area contributed by atoms with Crippen molar-refractivity contribution in [1.29, 1.82) is 0 Å². The molecule has 0 aliphatic carbocycles. The minimum absolute atomic E-state index is 0.491. The number of pyridine rings is 1. The van der Waals surface area contributed by atoms with Gasteiger partial charge in [-0.15, -0.1) is 0 Å². The van der Waals surface area contributed by atoms with Gasteiger partial charge in [0, 0.05) is 18.3 Å². The van der Waals surface area contributed by atoms with Gasteiger partial charge >= 0.3 is 0 Å². The predicted octanol–water partition coefficient (Wildman–Crippen LogP) is 4.26. The standard InChI is InChI=1S/C13H12BrClN2O2/c1-18-11-7-10(12(19-2)6-9(11)15)17-13-8(14)4-3-5-16-13/h3-7H,1-2H3,(H,16,17). The maximum absolute atomic E-state index is 6.06. The zero-order chi connectivity index (χ0) is 13.8. The Labute approximate surface area is 124 Å². The molecule has 19 heavy (non-hydrogen) atoms. The minimum Gasteiger partial charge on any atom is -0.495 e. The molecule has 0 amide bonds. The number of nitrogens with one attached hydrogen (secondary N) is 1. The van der Waals surface area contributed by atoms with Crippen molar-refractivity contribution in [2.24, 2.45) is 0 Å². The van der Waals surface area contributed by atoms with E-state index in [4.69, 9.17) is 21.1 Å². The van der Waals surface area contributed by atoms with Crippen LogP contribution in [0, 0.1) is 0 Å². The molecule has 2 aromatic rings. The van der Waals surface area contributed by atoms with Crippen LogP contribution in [0.15, 0.2) is 34.9 Å². The van der Waals surface area contributed by atoms with Crippen LogP contribution in [0.25, 0.3) is 0 Å². The van der Waals surface area contributed by atoms with Gasteiger partial charge in [0.05, 0.1) is 29.4 Å². The van der Waals surface area contributed by atoms with E-state index < -0.39 is 0 Å². The molecular weight excluding hydrogens is 332 g/mol. The SMILES string of the molecule is COc1cc(Nc2ncccc2Br)c(OC)cc1Cl. The highest BCUT2D eigenvalue weighted by atomic mass is 79.9. The van der Waals surface area contributed by atoms with Crippen LogP contribution < -0.4 is 14.8 Å². The summed E-state index contributed by atoms with van der Waals surface area (Å²) in [6, 6.07) is 7.20. The fourth-order valence-electron chi connectivity index (χ4n) is 1.56. The number of benzene rings is 1. The Morgan fingerprint density at radius 2 is 1.95 bits per heavy atom. The van der Waals surface area contributed by atoms with Crippen LogP contribution in [0.2, 0.25) is 5.02 Å². The number of aromatic nitrogens is 1. The lowest BCUT2D eigenvalue weighted by Crippen LogP contribution is -1.98. The Hall–Kier alpha value is -1.46. The van der Waals surface area contributed by atoms with E-state index in [-0.39, 0.29) is 0 Å². The van der Waals surface area contributed by atoms with E-state index in [1.165, 1.54) is 0 Å². The number of rotatable bonds is 4. The third-order valence-electron chi connectivity index (χ3n) is 2.49. The van der Waals surface area contributed by atoms with Crippen LogP contribution in [0.5, 0.6) is 11.5 Å². The molecule has 0 fully saturated rings. The number of ether oxygens (including phenoxy) is 2. The molecule has 0 aliphatic rings. The highest BCUT2D eigenvalue weighted by molar-refractivity contribution is 9.10. The number of nitrogens with zero attached hydrogens (tertiary/aromatic N) is 1. The van der Waals surface area contributed by atoms with Crippen molar-refractivity contribution in [1.82, 2.24) is 4.98 Å². The maximum Gasteiger partial charge on any atom is 0.144 e. The quantitative estimate of drug-likeness (QED) is 0.901. The number of halogens is 2. The summed E-state index contributed by atoms with van der Waals surface area (Å²) in [5, 5.41) is 3.66. The van der Waals surface area contributed by atoms with Gasteiger partial charge in [-0.3, -0.25) is 0 Å². The second-order valence-electron chi connectivity index (χ2n) is 3.65. The third-order valence-corrected chi connectivity index (χ3v) is 3.42. The molecule has 0 saturated heterocycles. The predicted molar refractivity (Wildman–Crippen MR) is 79.8 cm³/mol. The van der Waals surface area contributed by atoms with Gasteiger partial charge in [-0.25, -0.2) is 4.98 Å². The van der Waals surface area contributed by atoms with Gasteiger partial charge in [0.25, 0.3) is 0 Å². The second-order valence-corrected chi connectivity index (χ2v) is 4.91. The first-order valence-corrected chi connectivity index (χ1v) is 6.62. The van der Waals surface area contributed by atoms with Crippen LogP contribution in [0.1, 0.15) is 0 Å². The van der Waals surface area contributed by atoms with E-state index in [0.29, 0.717) is 22.3 Å². The van der Waals surface area contributed by atoms with Crippen molar-refractivity contribution in [3.05, 3.63) is 40.0 Å². The lowest BCUT2D eigenvalue weighted by molar-refractivity contribution is 0.405. The van der Waals surface area contributed by atoms with E-state index >= 15 is 0 Å². The first-order valence-electron chi connectivity index (χ1n) is 5.44. The molecule has 1 aromatic heterocycles. The van der Waals surface area contributed by atoms with E-state index in [1.807, 2.05) is 12.1 Å². The Balaban J connectivity index is 2.41. The smallest absolute Gasteiger partial charge is 0.144 e. The summed E-state index contributed by atoms with van der Waals surface area (Å²) >= 11 is 9.48. The fraction of sp³-hybridized carbons (Fsp3) is 0.154. The van der Waals surface area contributed by atoms with Gasteiger partial charge in [-0.1, -0.05) is 11.6 Å². The summed E-state index contributed by atoms with van der Waals surface area (Å²) < 4.78 is 11.3. The minimum atomic E-state index is 0.491. The second kappa shape index (κ2) is 6.12. The fourth-order valence-corrected chi connectivity index (χ4v) is 2.15. The van der Waals surface area contributed by atoms with Crippen molar-refractivity contribution in [3.8, 4) is 11.5 Å². The Bertz CT molecular complexity index is 593. The van der Waals surface area contributed by atoms with E-state index in [9.17, 15) is 0 Å². The Morgan fingerprint density at radius 1 is 1.21 bits per heavy atom. The first-order chi connectivity index (χ1) is 9.15. The molecule has 0 unspecified atom stereocenters. The zero-order valence-electron chi connectivity index (χ0n) is 10.4. The van der Waals surface area contributed by atoms with Crippen LogP contribution in [-0.4, -0.2) is 19.2 Å². The molecule has 100 valence electrons. The number of hydrogen-bond acceptors (Lipinski definition) is 4. The first kappa shape index (κ1) is 14.0. The van der Waals surface area contributed by atoms with Gasteiger partial charge in [0.1, 0.15) is 17.3 Å². The monoisotopic (exact) mass is 342 g/mol. The largest absolute Gasteiger partial charge is 0.495 e. The van der Waals surface area contributed by atoms with Gasteiger partial charge in [-0.05, 0) is 28.1 Å². The Kier molecular flexibility index (Phi) is 4.50. The molecule has 0 atom stereocenters. The van der Waals surface area contributed by atoms with Crippen LogP contribution in [0.4, 0.5) is 11.5 Å². The highest BCUT2D eigenvalue weighted by Crippen LogP contribution is 2.37. The summed E-state index contributed by atoms with van der Waals surface area (Å²) in [7, 11) is 3.14. The molecule has 1 aromatic carbocycles. The van der Waals surface area contributed by atoms with Crippen molar-refractivity contribution >= 4 is 39.0 Å². The van der Waals surface area contributed by atoms with Crippen molar-refractivity contribution < 1.29 is 9.47 Å². The van der Waals surface area contributed by atoms with Crippen LogP contribution in [0.3, 0.4) is 0 Å². The molecule has 1 heterocycles. The number of hydrogen-bond donors (Lipinski definition) is 1. The van der Waals surface area contributed by atoms with Crippen molar-refractivity contribution in [2.45, 2.75) is 0 Å². The third kappa shape index (κ3) is 3.11. The van der Waals surface area contributed by atoms with E-state index in [0.717, 1.165) is 10.2 Å². The molecule has 6 heteroatoms. The lowest BCUT2D eigenvalue weighted by Gasteiger charge is -2.14. The molecule has 0 bridgehead atoms. The average molecular weight is 344 g/mol. The van der Waals surface area contributed by atoms with Gasteiger partial charge < -0.3 is 14.8 Å².